The standard InChI is InChI=1S/C18H20F3N3O/c1-13-11-22-9-10-24(13)16-8-7-15(18(19,20)21)17(23-16)25-12-14-5-3-2-4-6-14/h2-8,13,22H,9-12H2,1H3. The normalized spacial score (nSPS) is 18.2. The molecule has 1 aliphatic heterocycles. The molecule has 1 N–H and O–H groups in total. The molecule has 134 valence electrons. The van der Waals surface area contributed by atoms with E-state index in [4.69, 9.17) is 4.74 Å². The molecule has 7 heteroatoms. The quantitative estimate of drug-likeness (QED) is 0.915. The fourth-order valence-electron chi connectivity index (χ4n) is 2.82. The number of alkyl halides is 3. The average Bonchev–Trinajstić information content (AvgIpc) is 2.60. The van der Waals surface area contributed by atoms with E-state index in [9.17, 15) is 13.2 Å². The van der Waals surface area contributed by atoms with Crippen molar-refractivity contribution in [2.45, 2.75) is 25.7 Å². The van der Waals surface area contributed by atoms with E-state index >= 15 is 0 Å². The molecule has 2 aromatic rings. The smallest absolute Gasteiger partial charge is 0.421 e. The zero-order valence-corrected chi connectivity index (χ0v) is 13.9. The third-order valence-electron chi connectivity index (χ3n) is 4.16. The molecule has 0 bridgehead atoms. The van der Waals surface area contributed by atoms with E-state index in [1.165, 1.54) is 6.07 Å². The lowest BCUT2D eigenvalue weighted by Crippen LogP contribution is -2.50. The Morgan fingerprint density at radius 3 is 2.64 bits per heavy atom. The SMILES string of the molecule is CC1CNCCN1c1ccc(C(F)(F)F)c(OCc2ccccc2)n1. The number of aromatic nitrogens is 1. The predicted octanol–water partition coefficient (Wildman–Crippen LogP) is 3.48. The van der Waals surface area contributed by atoms with Gasteiger partial charge in [0.15, 0.2) is 0 Å². The van der Waals surface area contributed by atoms with Crippen molar-refractivity contribution in [3.8, 4) is 5.88 Å². The highest BCUT2D eigenvalue weighted by Gasteiger charge is 2.36. The van der Waals surface area contributed by atoms with Gasteiger partial charge in [0.25, 0.3) is 0 Å². The highest BCUT2D eigenvalue weighted by molar-refractivity contribution is 5.46. The molecule has 1 aromatic heterocycles. The van der Waals surface area contributed by atoms with Gasteiger partial charge in [0.2, 0.25) is 5.88 Å². The maximum absolute atomic E-state index is 13.3. The summed E-state index contributed by atoms with van der Waals surface area (Å²) in [5, 5.41) is 3.25. The van der Waals surface area contributed by atoms with Gasteiger partial charge in [-0.15, -0.1) is 0 Å². The molecule has 2 heterocycles. The minimum absolute atomic E-state index is 0.0392. The van der Waals surface area contributed by atoms with Crippen LogP contribution in [0, 0.1) is 0 Å². The topological polar surface area (TPSA) is 37.4 Å². The van der Waals surface area contributed by atoms with Crippen LogP contribution in [-0.2, 0) is 12.8 Å². The summed E-state index contributed by atoms with van der Waals surface area (Å²) in [6, 6.07) is 11.7. The molecule has 0 aliphatic carbocycles. The van der Waals surface area contributed by atoms with Crippen LogP contribution in [0.1, 0.15) is 18.1 Å². The number of pyridine rings is 1. The Bertz CT molecular complexity index is 706. The first-order valence-electron chi connectivity index (χ1n) is 8.17. The van der Waals surface area contributed by atoms with Crippen LogP contribution in [0.4, 0.5) is 19.0 Å². The van der Waals surface area contributed by atoms with Gasteiger partial charge in [0.1, 0.15) is 18.0 Å². The van der Waals surface area contributed by atoms with Crippen molar-refractivity contribution in [3.05, 3.63) is 53.6 Å². The van der Waals surface area contributed by atoms with Gasteiger partial charge < -0.3 is 15.0 Å². The highest BCUT2D eigenvalue weighted by Crippen LogP contribution is 2.37. The molecule has 0 saturated carbocycles. The molecule has 25 heavy (non-hydrogen) atoms. The number of rotatable bonds is 4. The van der Waals surface area contributed by atoms with Crippen molar-refractivity contribution >= 4 is 5.82 Å². The second-order valence-electron chi connectivity index (χ2n) is 6.04. The van der Waals surface area contributed by atoms with Crippen LogP contribution in [0.3, 0.4) is 0 Å². The van der Waals surface area contributed by atoms with Crippen LogP contribution < -0.4 is 15.0 Å². The van der Waals surface area contributed by atoms with Crippen LogP contribution >= 0.6 is 0 Å². The van der Waals surface area contributed by atoms with Gasteiger partial charge in [0, 0.05) is 25.7 Å². The number of hydrogen-bond donors (Lipinski definition) is 1. The molecule has 1 atom stereocenters. The Morgan fingerprint density at radius 1 is 1.20 bits per heavy atom. The van der Waals surface area contributed by atoms with E-state index < -0.39 is 11.7 Å². The van der Waals surface area contributed by atoms with Crippen molar-refractivity contribution in [2.24, 2.45) is 0 Å². The first-order valence-corrected chi connectivity index (χ1v) is 8.17. The largest absolute Gasteiger partial charge is 0.472 e. The first-order chi connectivity index (χ1) is 11.9. The van der Waals surface area contributed by atoms with E-state index in [2.05, 4.69) is 10.3 Å². The predicted molar refractivity (Wildman–Crippen MR) is 89.7 cm³/mol. The molecule has 4 nitrogen and oxygen atoms in total. The van der Waals surface area contributed by atoms with Gasteiger partial charge in [0.05, 0.1) is 0 Å². The van der Waals surface area contributed by atoms with Crippen molar-refractivity contribution < 1.29 is 17.9 Å². The van der Waals surface area contributed by atoms with E-state index in [0.717, 1.165) is 24.7 Å². The monoisotopic (exact) mass is 351 g/mol. The fraction of sp³-hybridized carbons (Fsp3) is 0.389. The van der Waals surface area contributed by atoms with E-state index in [-0.39, 0.29) is 18.5 Å². The Balaban J connectivity index is 1.87. The highest BCUT2D eigenvalue weighted by atomic mass is 19.4. The molecular formula is C18H20F3N3O. The second-order valence-corrected chi connectivity index (χ2v) is 6.04. The summed E-state index contributed by atoms with van der Waals surface area (Å²) in [6.07, 6.45) is -4.51. The van der Waals surface area contributed by atoms with Gasteiger partial charge in [-0.1, -0.05) is 30.3 Å². The van der Waals surface area contributed by atoms with Crippen LogP contribution in [-0.4, -0.2) is 30.7 Å². The van der Waals surface area contributed by atoms with Crippen molar-refractivity contribution in [2.75, 3.05) is 24.5 Å². The molecule has 0 radical (unpaired) electrons. The molecule has 3 rings (SSSR count). The van der Waals surface area contributed by atoms with E-state index in [1.807, 2.05) is 30.0 Å². The molecule has 0 spiro atoms. The molecule has 1 unspecified atom stereocenters. The Morgan fingerprint density at radius 2 is 1.96 bits per heavy atom. The maximum atomic E-state index is 13.3. The lowest BCUT2D eigenvalue weighted by molar-refractivity contribution is -0.139. The molecule has 1 saturated heterocycles. The number of hydrogen-bond acceptors (Lipinski definition) is 4. The minimum atomic E-state index is -4.51. The minimum Gasteiger partial charge on any atom is -0.472 e. The van der Waals surface area contributed by atoms with Gasteiger partial charge in [-0.3, -0.25) is 0 Å². The third kappa shape index (κ3) is 4.22. The van der Waals surface area contributed by atoms with Crippen molar-refractivity contribution in [3.63, 3.8) is 0 Å². The lowest BCUT2D eigenvalue weighted by Gasteiger charge is -2.35. The summed E-state index contributed by atoms with van der Waals surface area (Å²) in [6.45, 7) is 4.28. The van der Waals surface area contributed by atoms with Crippen LogP contribution in [0.15, 0.2) is 42.5 Å². The first kappa shape index (κ1) is 17.5. The number of halogens is 3. The Kier molecular flexibility index (Phi) is 5.13. The molecular weight excluding hydrogens is 331 g/mol. The third-order valence-corrected chi connectivity index (χ3v) is 4.16. The van der Waals surface area contributed by atoms with Crippen LogP contribution in [0.2, 0.25) is 0 Å². The fourth-order valence-corrected chi connectivity index (χ4v) is 2.82. The van der Waals surface area contributed by atoms with Gasteiger partial charge in [-0.25, -0.2) is 0 Å². The second kappa shape index (κ2) is 7.31. The summed E-state index contributed by atoms with van der Waals surface area (Å²) in [4.78, 5) is 6.18. The number of anilines is 1. The summed E-state index contributed by atoms with van der Waals surface area (Å²) < 4.78 is 45.3. The summed E-state index contributed by atoms with van der Waals surface area (Å²) >= 11 is 0. The Labute approximate surface area is 144 Å². The maximum Gasteiger partial charge on any atom is 0.421 e. The zero-order valence-electron chi connectivity index (χ0n) is 13.9. The number of piperazine rings is 1. The van der Waals surface area contributed by atoms with Crippen LogP contribution in [0.5, 0.6) is 5.88 Å². The van der Waals surface area contributed by atoms with E-state index in [0.29, 0.717) is 12.4 Å². The zero-order chi connectivity index (χ0) is 17.9. The number of ether oxygens (including phenoxy) is 1. The summed E-state index contributed by atoms with van der Waals surface area (Å²) in [5.41, 5.74) is -0.0617. The average molecular weight is 351 g/mol. The number of nitrogens with one attached hydrogen (secondary N) is 1. The van der Waals surface area contributed by atoms with E-state index in [1.54, 1.807) is 12.1 Å². The van der Waals surface area contributed by atoms with Gasteiger partial charge >= 0.3 is 6.18 Å². The van der Waals surface area contributed by atoms with Crippen molar-refractivity contribution in [1.82, 2.24) is 10.3 Å². The molecule has 1 aromatic carbocycles. The molecule has 1 fully saturated rings. The summed E-state index contributed by atoms with van der Waals surface area (Å²) in [5.74, 6) is 0.129. The van der Waals surface area contributed by atoms with Crippen LogP contribution in [0.25, 0.3) is 0 Å². The summed E-state index contributed by atoms with van der Waals surface area (Å²) in [7, 11) is 0. The van der Waals surface area contributed by atoms with Gasteiger partial charge in [-0.05, 0) is 24.6 Å². The number of nitrogens with zero attached hydrogens (tertiary/aromatic N) is 2. The molecule has 1 aliphatic rings. The number of benzene rings is 1. The Hall–Kier alpha value is -2.28. The van der Waals surface area contributed by atoms with Crippen molar-refractivity contribution in [1.29, 1.82) is 0 Å². The molecule has 0 amide bonds. The van der Waals surface area contributed by atoms with Gasteiger partial charge in [-0.2, -0.15) is 18.2 Å². The lowest BCUT2D eigenvalue weighted by atomic mass is 10.2.